The number of fused-ring (bicyclic) bond motifs is 1. The number of nitrogens with two attached hydrogens (primary N) is 2. The fourth-order valence-corrected chi connectivity index (χ4v) is 4.02. The van der Waals surface area contributed by atoms with Gasteiger partial charge in [-0.3, -0.25) is 0 Å². The van der Waals surface area contributed by atoms with Gasteiger partial charge in [-0.2, -0.15) is 0 Å². The summed E-state index contributed by atoms with van der Waals surface area (Å²) in [6.45, 7) is 0. The molecular formula is C16H14N4O10S3. The Hall–Kier alpha value is -2.39. The van der Waals surface area contributed by atoms with Crippen LogP contribution in [-0.2, 0) is 28.1 Å². The monoisotopic (exact) mass is 518 g/mol. The van der Waals surface area contributed by atoms with E-state index in [1.807, 2.05) is 0 Å². The Morgan fingerprint density at radius 2 is 1.42 bits per heavy atom. The molecule has 8 N–H and O–H groups in total. The molecule has 0 bridgehead atoms. The highest BCUT2D eigenvalue weighted by Gasteiger charge is 2.18. The number of anilines is 2. The van der Waals surface area contributed by atoms with Crippen molar-refractivity contribution in [3.8, 4) is 5.75 Å². The summed E-state index contributed by atoms with van der Waals surface area (Å²) in [7, 11) is 0. The normalized spacial score (nSPS) is 11.6. The molecule has 0 aliphatic rings. The number of azo groups is 1. The van der Waals surface area contributed by atoms with Crippen LogP contribution in [0.25, 0.3) is 10.8 Å². The van der Waals surface area contributed by atoms with E-state index in [-0.39, 0.29) is 33.1 Å². The standard InChI is InChI=1S/C16H14N4O10S3/c17-8-1-2-10(12(5-8)32-29-26-23)19-20-16-14-7(4-13(15(16)18)33-30-27-24)3-9(6-11(14)21)31-28-25-22/h1-6,21-24H,17-18H2. The number of phenolic OH excluding ortho intramolecular Hbond substituents is 1. The predicted molar refractivity (Wildman–Crippen MR) is 117 cm³/mol. The van der Waals surface area contributed by atoms with Crippen molar-refractivity contribution >= 4 is 69.7 Å². The minimum Gasteiger partial charge on any atom is -0.507 e. The maximum absolute atomic E-state index is 10.6. The van der Waals surface area contributed by atoms with E-state index in [1.54, 1.807) is 12.1 Å². The van der Waals surface area contributed by atoms with Crippen molar-refractivity contribution in [3.63, 3.8) is 0 Å². The van der Waals surface area contributed by atoms with Gasteiger partial charge in [0.15, 0.2) is 0 Å². The lowest BCUT2D eigenvalue weighted by Crippen LogP contribution is -1.93. The molecule has 0 saturated heterocycles. The highest BCUT2D eigenvalue weighted by atomic mass is 32.2. The lowest BCUT2D eigenvalue weighted by atomic mass is 10.1. The first kappa shape index (κ1) is 25.2. The Kier molecular flexibility index (Phi) is 9.31. The molecule has 0 unspecified atom stereocenters. The second kappa shape index (κ2) is 12.2. The van der Waals surface area contributed by atoms with E-state index in [9.17, 15) is 5.11 Å². The van der Waals surface area contributed by atoms with Gasteiger partial charge >= 0.3 is 0 Å². The Balaban J connectivity index is 2.13. The average molecular weight is 519 g/mol. The molecule has 0 aromatic heterocycles. The van der Waals surface area contributed by atoms with E-state index >= 15 is 0 Å². The minimum absolute atomic E-state index is 0.0403. The molecule has 0 heterocycles. The molecule has 0 saturated carbocycles. The minimum atomic E-state index is -0.239. The number of hydrogen-bond donors (Lipinski definition) is 6. The zero-order valence-electron chi connectivity index (χ0n) is 16.0. The van der Waals surface area contributed by atoms with Gasteiger partial charge in [-0.05, 0) is 41.8 Å². The van der Waals surface area contributed by atoms with Crippen LogP contribution in [-0.4, -0.2) is 20.9 Å². The first-order valence-electron chi connectivity index (χ1n) is 8.33. The van der Waals surface area contributed by atoms with Gasteiger partial charge in [0, 0.05) is 10.6 Å². The number of rotatable bonds is 11. The summed E-state index contributed by atoms with van der Waals surface area (Å²) in [5.74, 6) is -0.239. The third-order valence-corrected chi connectivity index (χ3v) is 5.71. The van der Waals surface area contributed by atoms with Crippen LogP contribution in [0, 0.1) is 0 Å². The molecular weight excluding hydrogens is 504 g/mol. The zero-order valence-corrected chi connectivity index (χ0v) is 18.4. The van der Waals surface area contributed by atoms with Crippen LogP contribution in [0.2, 0.25) is 0 Å². The second-order valence-corrected chi connectivity index (χ2v) is 8.04. The van der Waals surface area contributed by atoms with E-state index < -0.39 is 0 Å². The fraction of sp³-hybridized carbons (Fsp3) is 0. The molecule has 33 heavy (non-hydrogen) atoms. The Labute approximate surface area is 197 Å². The summed E-state index contributed by atoms with van der Waals surface area (Å²) < 4.78 is 13.3. The molecule has 17 heteroatoms. The van der Waals surface area contributed by atoms with Crippen molar-refractivity contribution < 1.29 is 49.0 Å². The molecule has 0 radical (unpaired) electrons. The van der Waals surface area contributed by atoms with E-state index in [0.717, 1.165) is 0 Å². The largest absolute Gasteiger partial charge is 0.507 e. The van der Waals surface area contributed by atoms with E-state index in [0.29, 0.717) is 57.0 Å². The van der Waals surface area contributed by atoms with Crippen LogP contribution in [0.1, 0.15) is 0 Å². The third-order valence-electron chi connectivity index (χ3n) is 3.88. The third kappa shape index (κ3) is 6.35. The van der Waals surface area contributed by atoms with Crippen LogP contribution >= 0.6 is 36.1 Å². The summed E-state index contributed by atoms with van der Waals surface area (Å²) in [6, 6.07) is 9.00. The number of hydrogen-bond acceptors (Lipinski definition) is 17. The number of nitrogen functional groups attached to an aromatic ring is 2. The van der Waals surface area contributed by atoms with Crippen molar-refractivity contribution in [2.75, 3.05) is 11.5 Å². The molecule has 176 valence electrons. The lowest BCUT2D eigenvalue weighted by Gasteiger charge is -2.12. The molecule has 14 nitrogen and oxygen atoms in total. The van der Waals surface area contributed by atoms with Gasteiger partial charge in [0.2, 0.25) is 0 Å². The Morgan fingerprint density at radius 1 is 0.758 bits per heavy atom. The number of aromatic hydroxyl groups is 1. The van der Waals surface area contributed by atoms with Crippen molar-refractivity contribution in [3.05, 3.63) is 36.4 Å². The van der Waals surface area contributed by atoms with Crippen molar-refractivity contribution in [1.82, 2.24) is 0 Å². The summed E-state index contributed by atoms with van der Waals surface area (Å²) in [4.78, 5) is 0.966. The lowest BCUT2D eigenvalue weighted by molar-refractivity contribution is -0.432. The van der Waals surface area contributed by atoms with Gasteiger partial charge < -0.3 is 16.6 Å². The molecule has 0 fully saturated rings. The number of phenols is 1. The van der Waals surface area contributed by atoms with Gasteiger partial charge in [-0.1, -0.05) is 15.1 Å². The van der Waals surface area contributed by atoms with Crippen LogP contribution in [0.4, 0.5) is 22.7 Å². The van der Waals surface area contributed by atoms with Gasteiger partial charge in [0.1, 0.15) is 17.1 Å². The molecule has 0 aliphatic carbocycles. The van der Waals surface area contributed by atoms with E-state index in [2.05, 4.69) is 38.3 Å². The Morgan fingerprint density at radius 3 is 2.12 bits per heavy atom. The molecule has 3 rings (SSSR count). The molecule has 3 aromatic rings. The van der Waals surface area contributed by atoms with Crippen molar-refractivity contribution in [2.45, 2.75) is 14.7 Å². The maximum Gasteiger partial charge on any atom is 0.126 e. The van der Waals surface area contributed by atoms with E-state index in [1.165, 1.54) is 24.3 Å². The summed E-state index contributed by atoms with van der Waals surface area (Å²) in [5, 5.41) is 55.6. The Bertz CT molecular complexity index is 1150. The van der Waals surface area contributed by atoms with Crippen molar-refractivity contribution in [1.29, 1.82) is 0 Å². The number of nitrogens with zero attached hydrogens (tertiary/aromatic N) is 2. The summed E-state index contributed by atoms with van der Waals surface area (Å²) >= 11 is 1.83. The van der Waals surface area contributed by atoms with Gasteiger partial charge in [-0.25, -0.2) is 15.8 Å². The zero-order chi connectivity index (χ0) is 23.8. The first-order valence-corrected chi connectivity index (χ1v) is 10.6. The quantitative estimate of drug-likeness (QED) is 0.0615. The second-order valence-electron chi connectivity index (χ2n) is 5.78. The molecule has 0 aliphatic heterocycles. The summed E-state index contributed by atoms with van der Waals surface area (Å²) in [5.41, 5.74) is 12.7. The molecule has 3 aromatic carbocycles. The topological polar surface area (TPSA) is 213 Å². The highest BCUT2D eigenvalue weighted by Crippen LogP contribution is 2.46. The smallest absolute Gasteiger partial charge is 0.126 e. The predicted octanol–water partition coefficient (Wildman–Crippen LogP) is 5.41. The SMILES string of the molecule is Nc1ccc(N=Nc2c(N)c(SOOO)cc3cc(SOOO)cc(O)c23)c(SOOO)c1. The van der Waals surface area contributed by atoms with Crippen LogP contribution in [0.15, 0.2) is 61.3 Å². The molecule has 0 atom stereocenters. The van der Waals surface area contributed by atoms with Crippen LogP contribution in [0.3, 0.4) is 0 Å². The maximum atomic E-state index is 10.6. The van der Waals surface area contributed by atoms with Crippen LogP contribution in [0.5, 0.6) is 5.75 Å². The molecule has 0 amide bonds. The van der Waals surface area contributed by atoms with Gasteiger partial charge in [0.05, 0.1) is 57.0 Å². The number of benzene rings is 3. The summed E-state index contributed by atoms with van der Waals surface area (Å²) in [6.07, 6.45) is 0. The first-order chi connectivity index (χ1) is 16.0. The fourth-order valence-electron chi connectivity index (χ4n) is 2.63. The van der Waals surface area contributed by atoms with E-state index in [4.69, 9.17) is 27.2 Å². The van der Waals surface area contributed by atoms with Gasteiger partial charge in [-0.15, -0.1) is 23.2 Å². The van der Waals surface area contributed by atoms with Crippen LogP contribution < -0.4 is 11.5 Å². The molecule has 0 spiro atoms. The van der Waals surface area contributed by atoms with Crippen molar-refractivity contribution in [2.24, 2.45) is 10.2 Å². The van der Waals surface area contributed by atoms with Gasteiger partial charge in [0.25, 0.3) is 0 Å². The average Bonchev–Trinajstić information content (AvgIpc) is 2.80. The highest BCUT2D eigenvalue weighted by molar-refractivity contribution is 7.95.